The molecule has 0 bridgehead atoms. The van der Waals surface area contributed by atoms with Crippen LogP contribution in [0.4, 0.5) is 0 Å². The van der Waals surface area contributed by atoms with E-state index in [4.69, 9.17) is 0 Å². The molecule has 0 heterocycles. The predicted molar refractivity (Wildman–Crippen MR) is 55.5 cm³/mol. The van der Waals surface area contributed by atoms with Gasteiger partial charge < -0.3 is 0 Å². The Kier molecular flexibility index (Phi) is 10.9. The van der Waals surface area contributed by atoms with Crippen molar-refractivity contribution in [1.29, 1.82) is 0 Å². The standard InChI is InChI=1S/C11H24N/c1-3-4-5-6-7-8-9-10-11-12-2/h3-11H2,1-2H3. The van der Waals surface area contributed by atoms with Crippen molar-refractivity contribution in [2.75, 3.05) is 13.6 Å². The van der Waals surface area contributed by atoms with Crippen LogP contribution in [0.15, 0.2) is 0 Å². The zero-order valence-electron chi connectivity index (χ0n) is 8.81. The van der Waals surface area contributed by atoms with E-state index in [0.29, 0.717) is 0 Å². The van der Waals surface area contributed by atoms with E-state index in [-0.39, 0.29) is 0 Å². The summed E-state index contributed by atoms with van der Waals surface area (Å²) in [6, 6.07) is 0. The Hall–Kier alpha value is -0.0400. The van der Waals surface area contributed by atoms with Crippen molar-refractivity contribution in [3.8, 4) is 0 Å². The second kappa shape index (κ2) is 11.0. The first kappa shape index (κ1) is 12.0. The molecule has 0 aliphatic carbocycles. The fourth-order valence-electron chi connectivity index (χ4n) is 1.40. The van der Waals surface area contributed by atoms with Gasteiger partial charge in [-0.1, -0.05) is 51.9 Å². The summed E-state index contributed by atoms with van der Waals surface area (Å²) in [5.74, 6) is 0. The average molecular weight is 170 g/mol. The van der Waals surface area contributed by atoms with Gasteiger partial charge in [0.15, 0.2) is 0 Å². The highest BCUT2D eigenvalue weighted by Gasteiger charge is 1.90. The Labute approximate surface area is 77.9 Å². The first-order chi connectivity index (χ1) is 5.91. The second-order valence-electron chi connectivity index (χ2n) is 3.51. The topological polar surface area (TPSA) is 14.1 Å². The smallest absolute Gasteiger partial charge is 0.0130 e. The van der Waals surface area contributed by atoms with Gasteiger partial charge in [-0.3, -0.25) is 0 Å². The summed E-state index contributed by atoms with van der Waals surface area (Å²) in [6.07, 6.45) is 11.2. The minimum absolute atomic E-state index is 1.06. The number of rotatable bonds is 9. The monoisotopic (exact) mass is 170 g/mol. The molecule has 0 saturated heterocycles. The zero-order chi connectivity index (χ0) is 9.07. The van der Waals surface area contributed by atoms with E-state index in [2.05, 4.69) is 12.2 Å². The van der Waals surface area contributed by atoms with Crippen LogP contribution in [-0.2, 0) is 0 Å². The molecule has 0 saturated carbocycles. The maximum absolute atomic E-state index is 4.08. The Morgan fingerprint density at radius 3 is 1.75 bits per heavy atom. The molecule has 1 heteroatoms. The summed E-state index contributed by atoms with van der Waals surface area (Å²) < 4.78 is 0. The third-order valence-corrected chi connectivity index (χ3v) is 2.24. The molecule has 1 nitrogen and oxygen atoms in total. The van der Waals surface area contributed by atoms with Crippen LogP contribution >= 0.6 is 0 Å². The lowest BCUT2D eigenvalue weighted by atomic mass is 10.1. The van der Waals surface area contributed by atoms with E-state index >= 15 is 0 Å². The first-order valence-electron chi connectivity index (χ1n) is 5.47. The van der Waals surface area contributed by atoms with E-state index in [0.717, 1.165) is 6.54 Å². The molecule has 0 spiro atoms. The quantitative estimate of drug-likeness (QED) is 0.471. The number of hydrogen-bond acceptors (Lipinski definition) is 0. The summed E-state index contributed by atoms with van der Waals surface area (Å²) in [6.45, 7) is 3.33. The molecule has 12 heavy (non-hydrogen) atoms. The van der Waals surface area contributed by atoms with Crippen molar-refractivity contribution in [2.45, 2.75) is 58.3 Å². The summed E-state index contributed by atoms with van der Waals surface area (Å²) in [4.78, 5) is 0. The Bertz CT molecular complexity index is 61.4. The van der Waals surface area contributed by atoms with E-state index in [1.165, 1.54) is 51.4 Å². The van der Waals surface area contributed by atoms with Crippen molar-refractivity contribution in [3.05, 3.63) is 0 Å². The lowest BCUT2D eigenvalue weighted by molar-refractivity contribution is 0.565. The van der Waals surface area contributed by atoms with Gasteiger partial charge in [0.05, 0.1) is 0 Å². The number of nitrogens with zero attached hydrogens (tertiary/aromatic N) is 1. The molecular formula is C11H24N. The minimum Gasteiger partial charge on any atom is -0.245 e. The summed E-state index contributed by atoms with van der Waals surface area (Å²) in [5, 5.41) is 4.08. The maximum atomic E-state index is 4.08. The van der Waals surface area contributed by atoms with E-state index in [1.807, 2.05) is 7.05 Å². The fourth-order valence-corrected chi connectivity index (χ4v) is 1.40. The SMILES string of the molecule is CCCCCCCCCC[N]C. The van der Waals surface area contributed by atoms with Crippen LogP contribution in [0.3, 0.4) is 0 Å². The van der Waals surface area contributed by atoms with Crippen LogP contribution < -0.4 is 5.32 Å². The van der Waals surface area contributed by atoms with Gasteiger partial charge in [-0.25, -0.2) is 5.32 Å². The molecule has 0 aliphatic heterocycles. The molecule has 0 atom stereocenters. The molecule has 0 rings (SSSR count). The Morgan fingerprint density at radius 2 is 1.25 bits per heavy atom. The lowest BCUT2D eigenvalue weighted by Gasteiger charge is -2.00. The zero-order valence-corrected chi connectivity index (χ0v) is 8.81. The van der Waals surface area contributed by atoms with Crippen LogP contribution in [0.1, 0.15) is 58.3 Å². The molecule has 0 amide bonds. The van der Waals surface area contributed by atoms with Crippen molar-refractivity contribution in [3.63, 3.8) is 0 Å². The van der Waals surface area contributed by atoms with E-state index in [1.54, 1.807) is 0 Å². The maximum Gasteiger partial charge on any atom is 0.0130 e. The molecule has 0 aliphatic rings. The molecular weight excluding hydrogens is 146 g/mol. The van der Waals surface area contributed by atoms with Crippen molar-refractivity contribution in [2.24, 2.45) is 0 Å². The Morgan fingerprint density at radius 1 is 0.750 bits per heavy atom. The third kappa shape index (κ3) is 9.96. The first-order valence-corrected chi connectivity index (χ1v) is 5.47. The number of hydrogen-bond donors (Lipinski definition) is 0. The van der Waals surface area contributed by atoms with Gasteiger partial charge in [-0.2, -0.15) is 0 Å². The molecule has 0 aromatic carbocycles. The second-order valence-corrected chi connectivity index (χ2v) is 3.51. The molecule has 0 unspecified atom stereocenters. The highest BCUT2D eigenvalue weighted by molar-refractivity contribution is 4.46. The highest BCUT2D eigenvalue weighted by atomic mass is 14.8. The largest absolute Gasteiger partial charge is 0.245 e. The normalized spacial score (nSPS) is 10.5. The van der Waals surface area contributed by atoms with Gasteiger partial charge in [0.2, 0.25) is 0 Å². The van der Waals surface area contributed by atoms with Gasteiger partial charge in [0.25, 0.3) is 0 Å². The van der Waals surface area contributed by atoms with Crippen LogP contribution in [0.25, 0.3) is 0 Å². The van der Waals surface area contributed by atoms with Gasteiger partial charge in [-0.15, -0.1) is 0 Å². The molecule has 0 N–H and O–H groups in total. The lowest BCUT2D eigenvalue weighted by Crippen LogP contribution is -1.98. The molecule has 0 aromatic heterocycles. The van der Waals surface area contributed by atoms with Crippen molar-refractivity contribution in [1.82, 2.24) is 5.32 Å². The van der Waals surface area contributed by atoms with Gasteiger partial charge in [0, 0.05) is 13.6 Å². The van der Waals surface area contributed by atoms with Gasteiger partial charge in [-0.05, 0) is 6.42 Å². The van der Waals surface area contributed by atoms with Gasteiger partial charge in [0.1, 0.15) is 0 Å². The molecule has 0 fully saturated rings. The van der Waals surface area contributed by atoms with Crippen LogP contribution in [-0.4, -0.2) is 13.6 Å². The fraction of sp³-hybridized carbons (Fsp3) is 1.00. The van der Waals surface area contributed by atoms with Gasteiger partial charge >= 0.3 is 0 Å². The average Bonchev–Trinajstić information content (AvgIpc) is 2.10. The van der Waals surface area contributed by atoms with Crippen molar-refractivity contribution >= 4 is 0 Å². The molecule has 1 radical (unpaired) electrons. The highest BCUT2D eigenvalue weighted by Crippen LogP contribution is 2.07. The third-order valence-electron chi connectivity index (χ3n) is 2.24. The van der Waals surface area contributed by atoms with Crippen molar-refractivity contribution < 1.29 is 0 Å². The molecule has 73 valence electrons. The van der Waals surface area contributed by atoms with Crippen LogP contribution in [0.2, 0.25) is 0 Å². The summed E-state index contributed by atoms with van der Waals surface area (Å²) >= 11 is 0. The summed E-state index contributed by atoms with van der Waals surface area (Å²) in [5.41, 5.74) is 0. The minimum atomic E-state index is 1.06. The summed E-state index contributed by atoms with van der Waals surface area (Å²) in [7, 11) is 1.90. The van der Waals surface area contributed by atoms with E-state index < -0.39 is 0 Å². The predicted octanol–water partition coefficient (Wildman–Crippen LogP) is 3.36. The van der Waals surface area contributed by atoms with E-state index in [9.17, 15) is 0 Å². The Balaban J connectivity index is 2.73. The number of unbranched alkanes of at least 4 members (excludes halogenated alkanes) is 7. The van der Waals surface area contributed by atoms with Crippen LogP contribution in [0.5, 0.6) is 0 Å². The van der Waals surface area contributed by atoms with Crippen LogP contribution in [0, 0.1) is 0 Å². The molecule has 0 aromatic rings.